The molecule has 1 aromatic heterocycles. The number of amides is 1. The van der Waals surface area contributed by atoms with E-state index >= 15 is 0 Å². The van der Waals surface area contributed by atoms with Gasteiger partial charge in [-0.25, -0.2) is 9.59 Å². The molecule has 2 N–H and O–H groups in total. The van der Waals surface area contributed by atoms with E-state index in [1.54, 1.807) is 6.92 Å². The maximum Gasteiger partial charge on any atom is 0.412 e. The third-order valence-electron chi connectivity index (χ3n) is 1.85. The first kappa shape index (κ1) is 13.5. The van der Waals surface area contributed by atoms with Gasteiger partial charge in [-0.05, 0) is 18.9 Å². The van der Waals surface area contributed by atoms with Gasteiger partial charge in [-0.15, -0.1) is 11.3 Å². The zero-order valence-corrected chi connectivity index (χ0v) is 10.8. The largest absolute Gasteiger partial charge is 0.478 e. The third-order valence-corrected chi connectivity index (χ3v) is 2.81. The first-order valence-corrected chi connectivity index (χ1v) is 5.99. The zero-order chi connectivity index (χ0) is 13.0. The first-order chi connectivity index (χ1) is 7.90. The lowest BCUT2D eigenvalue weighted by Crippen LogP contribution is -2.17. The second-order valence-electron chi connectivity index (χ2n) is 4.02. The number of rotatable bonds is 4. The number of carboxylic acids is 1. The summed E-state index contributed by atoms with van der Waals surface area (Å²) in [6.45, 7) is 5.93. The highest BCUT2D eigenvalue weighted by Gasteiger charge is 2.16. The van der Waals surface area contributed by atoms with Crippen LogP contribution in [0.15, 0.2) is 6.07 Å². The quantitative estimate of drug-likeness (QED) is 0.869. The Morgan fingerprint density at radius 1 is 1.53 bits per heavy atom. The summed E-state index contributed by atoms with van der Waals surface area (Å²) in [6.07, 6.45) is -0.622. The number of carbonyl (C=O) groups excluding carboxylic acids is 1. The minimum atomic E-state index is -1.06. The number of thiophene rings is 1. The number of ether oxygens (including phenoxy) is 1. The molecule has 0 saturated carbocycles. The van der Waals surface area contributed by atoms with Gasteiger partial charge in [0, 0.05) is 4.88 Å². The van der Waals surface area contributed by atoms with Gasteiger partial charge in [-0.1, -0.05) is 13.8 Å². The van der Waals surface area contributed by atoms with E-state index in [0.29, 0.717) is 11.6 Å². The van der Waals surface area contributed by atoms with E-state index in [-0.39, 0.29) is 11.5 Å². The third kappa shape index (κ3) is 4.07. The SMILES string of the molecule is Cc1cc(C(=O)O)c(NC(=O)OCC(C)C)s1. The molecule has 0 fully saturated rings. The predicted octanol–water partition coefficient (Wildman–Crippen LogP) is 2.96. The Kier molecular flexibility index (Phi) is 4.51. The van der Waals surface area contributed by atoms with E-state index in [1.165, 1.54) is 17.4 Å². The molecule has 0 atom stereocenters. The molecule has 0 aliphatic rings. The van der Waals surface area contributed by atoms with Gasteiger partial charge >= 0.3 is 12.1 Å². The minimum absolute atomic E-state index is 0.0917. The van der Waals surface area contributed by atoms with Crippen LogP contribution < -0.4 is 5.32 Å². The molecule has 94 valence electrons. The van der Waals surface area contributed by atoms with Gasteiger partial charge in [0.1, 0.15) is 5.00 Å². The lowest BCUT2D eigenvalue weighted by Gasteiger charge is -2.07. The van der Waals surface area contributed by atoms with Crippen LogP contribution in [0.3, 0.4) is 0 Å². The second-order valence-corrected chi connectivity index (χ2v) is 5.28. The Morgan fingerprint density at radius 3 is 2.71 bits per heavy atom. The highest BCUT2D eigenvalue weighted by atomic mass is 32.1. The van der Waals surface area contributed by atoms with Crippen molar-refractivity contribution < 1.29 is 19.4 Å². The molecule has 1 aromatic rings. The van der Waals surface area contributed by atoms with E-state index in [0.717, 1.165) is 4.88 Å². The average Bonchev–Trinajstić information content (AvgIpc) is 2.56. The van der Waals surface area contributed by atoms with Crippen molar-refractivity contribution >= 4 is 28.4 Å². The van der Waals surface area contributed by atoms with Crippen molar-refractivity contribution in [3.63, 3.8) is 0 Å². The summed E-state index contributed by atoms with van der Waals surface area (Å²) in [6, 6.07) is 1.52. The maximum absolute atomic E-state index is 11.4. The van der Waals surface area contributed by atoms with Crippen molar-refractivity contribution in [3.8, 4) is 0 Å². The fourth-order valence-corrected chi connectivity index (χ4v) is 2.03. The number of aromatic carboxylic acids is 1. The van der Waals surface area contributed by atoms with Crippen LogP contribution in [0.2, 0.25) is 0 Å². The van der Waals surface area contributed by atoms with E-state index < -0.39 is 12.1 Å². The van der Waals surface area contributed by atoms with Gasteiger partial charge in [-0.2, -0.15) is 0 Å². The van der Waals surface area contributed by atoms with Crippen molar-refractivity contribution in [2.75, 3.05) is 11.9 Å². The van der Waals surface area contributed by atoms with Gasteiger partial charge < -0.3 is 9.84 Å². The molecule has 0 radical (unpaired) electrons. The molecule has 0 bridgehead atoms. The molecule has 1 heterocycles. The Hall–Kier alpha value is -1.56. The lowest BCUT2D eigenvalue weighted by molar-refractivity contribution is 0.0698. The highest BCUT2D eigenvalue weighted by molar-refractivity contribution is 7.16. The molecule has 1 rings (SSSR count). The molecule has 0 spiro atoms. The molecule has 5 nitrogen and oxygen atoms in total. The standard InChI is InChI=1S/C11H15NO4S/c1-6(2)5-16-11(15)12-9-8(10(13)14)4-7(3)17-9/h4,6H,5H2,1-3H3,(H,12,15)(H,13,14). The Labute approximate surface area is 103 Å². The van der Waals surface area contributed by atoms with E-state index in [4.69, 9.17) is 9.84 Å². The summed E-state index contributed by atoms with van der Waals surface area (Å²) in [4.78, 5) is 23.1. The van der Waals surface area contributed by atoms with Crippen molar-refractivity contribution in [1.29, 1.82) is 0 Å². The molecule has 0 saturated heterocycles. The van der Waals surface area contributed by atoms with Crippen LogP contribution in [0, 0.1) is 12.8 Å². The maximum atomic E-state index is 11.4. The monoisotopic (exact) mass is 257 g/mol. The summed E-state index contributed by atoms with van der Waals surface area (Å²) < 4.78 is 4.92. The number of carboxylic acid groups (broad SMARTS) is 1. The minimum Gasteiger partial charge on any atom is -0.478 e. The van der Waals surface area contributed by atoms with E-state index in [9.17, 15) is 9.59 Å². The normalized spacial score (nSPS) is 10.4. The smallest absolute Gasteiger partial charge is 0.412 e. The zero-order valence-electron chi connectivity index (χ0n) is 9.94. The lowest BCUT2D eigenvalue weighted by atomic mass is 10.2. The van der Waals surface area contributed by atoms with Crippen molar-refractivity contribution in [2.45, 2.75) is 20.8 Å². The Bertz CT molecular complexity index is 425. The van der Waals surface area contributed by atoms with Gasteiger partial charge in [0.15, 0.2) is 0 Å². The number of hydrogen-bond acceptors (Lipinski definition) is 4. The summed E-state index contributed by atoms with van der Waals surface area (Å²) >= 11 is 1.21. The van der Waals surface area contributed by atoms with Crippen LogP contribution in [0.25, 0.3) is 0 Å². The second kappa shape index (κ2) is 5.67. The molecule has 0 aromatic carbocycles. The van der Waals surface area contributed by atoms with E-state index in [1.807, 2.05) is 13.8 Å². The molecule has 0 aliphatic heterocycles. The van der Waals surface area contributed by atoms with Crippen molar-refractivity contribution in [3.05, 3.63) is 16.5 Å². The first-order valence-electron chi connectivity index (χ1n) is 5.17. The molecule has 0 aliphatic carbocycles. The van der Waals surface area contributed by atoms with Gasteiger partial charge in [0.25, 0.3) is 0 Å². The molecule has 0 unspecified atom stereocenters. The van der Waals surface area contributed by atoms with Gasteiger partial charge in [0.05, 0.1) is 12.2 Å². The predicted molar refractivity (Wildman–Crippen MR) is 65.8 cm³/mol. The van der Waals surface area contributed by atoms with Crippen molar-refractivity contribution in [2.24, 2.45) is 5.92 Å². The summed E-state index contributed by atoms with van der Waals surface area (Å²) in [5.74, 6) is -0.821. The summed E-state index contributed by atoms with van der Waals surface area (Å²) in [7, 11) is 0. The Morgan fingerprint density at radius 2 is 2.18 bits per heavy atom. The molecule has 17 heavy (non-hydrogen) atoms. The van der Waals surface area contributed by atoms with Crippen LogP contribution in [0.1, 0.15) is 29.1 Å². The molecule has 6 heteroatoms. The van der Waals surface area contributed by atoms with Gasteiger partial charge in [0.2, 0.25) is 0 Å². The number of aryl methyl sites for hydroxylation is 1. The van der Waals surface area contributed by atoms with Crippen LogP contribution in [-0.4, -0.2) is 23.8 Å². The molecular formula is C11H15NO4S. The van der Waals surface area contributed by atoms with Crippen LogP contribution in [0.5, 0.6) is 0 Å². The highest BCUT2D eigenvalue weighted by Crippen LogP contribution is 2.27. The van der Waals surface area contributed by atoms with Crippen LogP contribution in [0.4, 0.5) is 9.80 Å². The number of hydrogen-bond donors (Lipinski definition) is 2. The van der Waals surface area contributed by atoms with Crippen LogP contribution in [-0.2, 0) is 4.74 Å². The molecular weight excluding hydrogens is 242 g/mol. The fraction of sp³-hybridized carbons (Fsp3) is 0.455. The fourth-order valence-electron chi connectivity index (χ4n) is 1.14. The van der Waals surface area contributed by atoms with E-state index in [2.05, 4.69) is 5.32 Å². The van der Waals surface area contributed by atoms with Gasteiger partial charge in [-0.3, -0.25) is 5.32 Å². The number of nitrogens with one attached hydrogen (secondary N) is 1. The Balaban J connectivity index is 2.68. The molecule has 1 amide bonds. The number of anilines is 1. The topological polar surface area (TPSA) is 75.6 Å². The van der Waals surface area contributed by atoms with Crippen LogP contribution >= 0.6 is 11.3 Å². The number of carbonyl (C=O) groups is 2. The summed E-state index contributed by atoms with van der Waals surface area (Å²) in [5.41, 5.74) is 0.0917. The van der Waals surface area contributed by atoms with Crippen molar-refractivity contribution in [1.82, 2.24) is 0 Å². The average molecular weight is 257 g/mol. The summed E-state index contributed by atoms with van der Waals surface area (Å²) in [5, 5.41) is 11.7.